The predicted molar refractivity (Wildman–Crippen MR) is 162 cm³/mol. The van der Waals surface area contributed by atoms with Crippen LogP contribution in [0, 0.1) is 11.2 Å². The van der Waals surface area contributed by atoms with Gasteiger partial charge in [-0.1, -0.05) is 52.3 Å². The number of halogens is 2. The van der Waals surface area contributed by atoms with Gasteiger partial charge >= 0.3 is 5.97 Å². The minimum absolute atomic E-state index is 0.154. The van der Waals surface area contributed by atoms with Crippen molar-refractivity contribution in [3.05, 3.63) is 97.8 Å². The summed E-state index contributed by atoms with van der Waals surface area (Å²) in [6.07, 6.45) is 2.36. The van der Waals surface area contributed by atoms with Gasteiger partial charge in [0.05, 0.1) is 24.1 Å². The number of imide groups is 1. The van der Waals surface area contributed by atoms with E-state index in [4.69, 9.17) is 9.73 Å². The second kappa shape index (κ2) is 12.1. The molecule has 2 unspecified atom stereocenters. The molecule has 2 aromatic carbocycles. The molecule has 2 fully saturated rings. The fraction of sp³-hybridized carbons (Fsp3) is 0.323. The first kappa shape index (κ1) is 29.3. The van der Waals surface area contributed by atoms with Gasteiger partial charge in [0.1, 0.15) is 11.9 Å². The van der Waals surface area contributed by atoms with E-state index in [-0.39, 0.29) is 37.9 Å². The lowest BCUT2D eigenvalue weighted by Crippen LogP contribution is -2.41. The van der Waals surface area contributed by atoms with E-state index in [2.05, 4.69) is 31.1 Å². The molecule has 3 aliphatic rings. The Kier molecular flexibility index (Phi) is 8.25. The van der Waals surface area contributed by atoms with E-state index in [9.17, 15) is 18.8 Å². The van der Waals surface area contributed by atoms with Gasteiger partial charge in [-0.15, -0.1) is 11.3 Å². The Bertz CT molecular complexity index is 1630. The number of hydrogen-bond acceptors (Lipinski definition) is 9. The van der Waals surface area contributed by atoms with Gasteiger partial charge in [0.25, 0.3) is 0 Å². The van der Waals surface area contributed by atoms with Crippen LogP contribution in [-0.4, -0.2) is 64.6 Å². The number of benzene rings is 2. The molecule has 1 spiro atoms. The number of amides is 2. The zero-order chi connectivity index (χ0) is 30.1. The molecule has 0 saturated carbocycles. The van der Waals surface area contributed by atoms with Crippen molar-refractivity contribution in [1.29, 1.82) is 0 Å². The Morgan fingerprint density at radius 1 is 1.21 bits per heavy atom. The fourth-order valence-corrected chi connectivity index (χ4v) is 7.14. The van der Waals surface area contributed by atoms with Crippen LogP contribution in [0.25, 0.3) is 0 Å². The first-order valence-electron chi connectivity index (χ1n) is 14.0. The number of aromatic nitrogens is 1. The van der Waals surface area contributed by atoms with Gasteiger partial charge in [-0.3, -0.25) is 24.4 Å². The van der Waals surface area contributed by atoms with E-state index >= 15 is 0 Å². The fourth-order valence-electron chi connectivity index (χ4n) is 5.99. The summed E-state index contributed by atoms with van der Waals surface area (Å²) in [7, 11) is 0. The number of carbonyl (C=O) groups is 3. The minimum Gasteiger partial charge on any atom is -0.463 e. The minimum atomic E-state index is -0.809. The summed E-state index contributed by atoms with van der Waals surface area (Å²) in [6, 6.07) is 13.0. The lowest BCUT2D eigenvalue weighted by atomic mass is 9.85. The lowest BCUT2D eigenvalue weighted by molar-refractivity contribution is -0.142. The molecular weight excluding hydrogens is 637 g/mol. The zero-order valence-corrected chi connectivity index (χ0v) is 25.8. The molecule has 0 bridgehead atoms. The average Bonchev–Trinajstić information content (AvgIpc) is 3.71. The monoisotopic (exact) mass is 665 g/mol. The van der Waals surface area contributed by atoms with Gasteiger partial charge in [-0.25, -0.2) is 14.2 Å². The normalized spacial score (nSPS) is 22.3. The highest BCUT2D eigenvalue weighted by Gasteiger charge is 2.54. The summed E-state index contributed by atoms with van der Waals surface area (Å²) < 4.78 is 20.0. The molecule has 3 aliphatic heterocycles. The number of ether oxygens (including phenoxy) is 1. The van der Waals surface area contributed by atoms with Crippen molar-refractivity contribution in [3.8, 4) is 0 Å². The molecule has 1 N–H and O–H groups in total. The largest absolute Gasteiger partial charge is 0.463 e. The number of nitrogens with one attached hydrogen (secondary N) is 1. The number of amidine groups is 1. The van der Waals surface area contributed by atoms with Gasteiger partial charge in [0.2, 0.25) is 11.8 Å². The highest BCUT2D eigenvalue weighted by atomic mass is 79.9. The molecule has 3 aromatic rings. The number of esters is 1. The molecule has 2 saturated heterocycles. The van der Waals surface area contributed by atoms with E-state index in [1.165, 1.54) is 28.4 Å². The zero-order valence-electron chi connectivity index (χ0n) is 23.4. The van der Waals surface area contributed by atoms with Crippen molar-refractivity contribution in [3.63, 3.8) is 0 Å². The number of aliphatic imine (C=N–C) groups is 1. The highest BCUT2D eigenvalue weighted by molar-refractivity contribution is 9.10. The molecule has 222 valence electrons. The Morgan fingerprint density at radius 2 is 2.02 bits per heavy atom. The maximum absolute atomic E-state index is 14.0. The Hall–Kier alpha value is -3.74. The number of hydrogen-bond donors (Lipinski definition) is 1. The molecule has 4 heterocycles. The van der Waals surface area contributed by atoms with Crippen molar-refractivity contribution in [1.82, 2.24) is 20.1 Å². The third-order valence-electron chi connectivity index (χ3n) is 8.00. The van der Waals surface area contributed by atoms with Crippen LogP contribution in [0.5, 0.6) is 0 Å². The second-order valence-electron chi connectivity index (χ2n) is 10.8. The highest BCUT2D eigenvalue weighted by Crippen LogP contribution is 2.43. The molecule has 0 aliphatic carbocycles. The number of carbonyl (C=O) groups excluding carboxylic acids is 3. The van der Waals surface area contributed by atoms with Crippen molar-refractivity contribution < 1.29 is 23.5 Å². The third kappa shape index (κ3) is 5.78. The van der Waals surface area contributed by atoms with Gasteiger partial charge < -0.3 is 10.1 Å². The Morgan fingerprint density at radius 3 is 2.74 bits per heavy atom. The molecule has 12 heteroatoms. The average molecular weight is 667 g/mol. The van der Waals surface area contributed by atoms with Crippen LogP contribution >= 0.6 is 27.3 Å². The van der Waals surface area contributed by atoms with E-state index in [0.717, 1.165) is 5.56 Å². The van der Waals surface area contributed by atoms with Crippen LogP contribution in [-0.2, 0) is 25.7 Å². The van der Waals surface area contributed by atoms with Crippen LogP contribution in [0.4, 0.5) is 4.39 Å². The van der Waals surface area contributed by atoms with E-state index in [0.29, 0.717) is 51.7 Å². The summed E-state index contributed by atoms with van der Waals surface area (Å²) in [4.78, 5) is 52.9. The molecule has 1 aromatic heterocycles. The summed E-state index contributed by atoms with van der Waals surface area (Å²) >= 11 is 4.85. The topological polar surface area (TPSA) is 104 Å². The predicted octanol–water partition coefficient (Wildman–Crippen LogP) is 4.60. The number of likely N-dealkylation sites (tertiary alicyclic amines) is 2. The van der Waals surface area contributed by atoms with Crippen LogP contribution in [0.2, 0.25) is 0 Å². The molecule has 6 rings (SSSR count). The standard InChI is InChI=1S/C31H29BrFN5O4S/c1-2-42-29(40)25-23(35-27(28-34-11-13-43-28)36-26(25)21-9-8-20(33)14-22(21)32)17-37-12-10-31(18-37)15-24(39)38(30(31)41)16-19-6-4-3-5-7-19/h3-9,11,13-14,26H,2,10,12,15-18H2,1H3,(H,35,36). The van der Waals surface area contributed by atoms with Crippen LogP contribution in [0.15, 0.2) is 80.8 Å². The van der Waals surface area contributed by atoms with E-state index in [1.807, 2.05) is 35.7 Å². The van der Waals surface area contributed by atoms with E-state index in [1.54, 1.807) is 19.2 Å². The van der Waals surface area contributed by atoms with Crippen molar-refractivity contribution in [2.45, 2.75) is 32.4 Å². The number of rotatable bonds is 8. The molecule has 43 heavy (non-hydrogen) atoms. The smallest absolute Gasteiger partial charge is 0.338 e. The first-order valence-corrected chi connectivity index (χ1v) is 15.7. The maximum Gasteiger partial charge on any atom is 0.338 e. The van der Waals surface area contributed by atoms with Gasteiger partial charge in [0, 0.05) is 41.3 Å². The van der Waals surface area contributed by atoms with Crippen molar-refractivity contribution in [2.24, 2.45) is 10.4 Å². The third-order valence-corrected chi connectivity index (χ3v) is 9.47. The quantitative estimate of drug-likeness (QED) is 0.277. The van der Waals surface area contributed by atoms with Gasteiger partial charge in [-0.05, 0) is 43.1 Å². The SMILES string of the molecule is CCOC(=O)C1=C(CN2CCC3(CC(=O)N(Cc4ccccc4)C3=O)C2)NC(c2nccs2)=NC1c1ccc(F)cc1Br. The van der Waals surface area contributed by atoms with Crippen LogP contribution in [0.3, 0.4) is 0 Å². The first-order chi connectivity index (χ1) is 20.8. The molecular formula is C31H29BrFN5O4S. The number of nitrogens with zero attached hydrogens (tertiary/aromatic N) is 4. The van der Waals surface area contributed by atoms with Crippen molar-refractivity contribution >= 4 is 50.9 Å². The molecule has 9 nitrogen and oxygen atoms in total. The van der Waals surface area contributed by atoms with E-state index < -0.39 is 23.2 Å². The Balaban J connectivity index is 1.31. The van der Waals surface area contributed by atoms with Crippen LogP contribution < -0.4 is 5.32 Å². The second-order valence-corrected chi connectivity index (χ2v) is 12.6. The summed E-state index contributed by atoms with van der Waals surface area (Å²) in [6.45, 7) is 3.37. The van der Waals surface area contributed by atoms with Crippen molar-refractivity contribution in [2.75, 3.05) is 26.2 Å². The summed E-state index contributed by atoms with van der Waals surface area (Å²) in [5, 5.41) is 5.79. The van der Waals surface area contributed by atoms with Gasteiger partial charge in [0.15, 0.2) is 10.8 Å². The van der Waals surface area contributed by atoms with Crippen LogP contribution in [0.1, 0.15) is 41.9 Å². The summed E-state index contributed by atoms with van der Waals surface area (Å²) in [5.74, 6) is -0.803. The molecule has 2 atom stereocenters. The Labute approximate surface area is 260 Å². The summed E-state index contributed by atoms with van der Waals surface area (Å²) in [5.41, 5.74) is 1.56. The maximum atomic E-state index is 14.0. The lowest BCUT2D eigenvalue weighted by Gasteiger charge is -2.30. The molecule has 0 radical (unpaired) electrons. The molecule has 2 amide bonds. The number of thiazole rings is 1. The van der Waals surface area contributed by atoms with Gasteiger partial charge in [-0.2, -0.15) is 0 Å².